The molecule has 0 aliphatic carbocycles. The standard InChI is InChI=1S/C16H12FN3S/c17-12-6-2-4-8-14(12)21-15-9-11(16(18)19)10-5-1-3-7-13(10)20-15/h1-9H,(H3,18,19). The van der Waals surface area contributed by atoms with Crippen LogP contribution < -0.4 is 5.73 Å². The summed E-state index contributed by atoms with van der Waals surface area (Å²) in [7, 11) is 0. The first-order valence-electron chi connectivity index (χ1n) is 6.32. The van der Waals surface area contributed by atoms with Crippen LogP contribution in [0.25, 0.3) is 10.9 Å². The Labute approximate surface area is 125 Å². The van der Waals surface area contributed by atoms with Crippen molar-refractivity contribution in [2.75, 3.05) is 0 Å². The number of para-hydroxylation sites is 1. The van der Waals surface area contributed by atoms with Gasteiger partial charge in [0.1, 0.15) is 16.7 Å². The summed E-state index contributed by atoms with van der Waals surface area (Å²) < 4.78 is 13.7. The average molecular weight is 297 g/mol. The number of aromatic nitrogens is 1. The molecule has 3 rings (SSSR count). The number of halogens is 1. The number of nitrogens with one attached hydrogen (secondary N) is 1. The maximum Gasteiger partial charge on any atom is 0.137 e. The van der Waals surface area contributed by atoms with Gasteiger partial charge in [-0.2, -0.15) is 0 Å². The second kappa shape index (κ2) is 5.54. The zero-order valence-corrected chi connectivity index (χ0v) is 11.8. The molecule has 0 atom stereocenters. The highest BCUT2D eigenvalue weighted by Crippen LogP contribution is 2.31. The first-order chi connectivity index (χ1) is 10.1. The highest BCUT2D eigenvalue weighted by Gasteiger charge is 2.10. The molecule has 0 unspecified atom stereocenters. The topological polar surface area (TPSA) is 62.8 Å². The fraction of sp³-hybridized carbons (Fsp3) is 0. The summed E-state index contributed by atoms with van der Waals surface area (Å²) in [6.45, 7) is 0. The molecule has 1 aromatic heterocycles. The number of hydrogen-bond donors (Lipinski definition) is 2. The average Bonchev–Trinajstić information content (AvgIpc) is 2.48. The molecule has 3 N–H and O–H groups in total. The van der Waals surface area contributed by atoms with Crippen LogP contribution >= 0.6 is 11.8 Å². The molecule has 104 valence electrons. The quantitative estimate of drug-likeness (QED) is 0.571. The number of rotatable bonds is 3. The first kappa shape index (κ1) is 13.6. The van der Waals surface area contributed by atoms with E-state index >= 15 is 0 Å². The molecule has 0 radical (unpaired) electrons. The third kappa shape index (κ3) is 2.73. The van der Waals surface area contributed by atoms with E-state index in [9.17, 15) is 4.39 Å². The van der Waals surface area contributed by atoms with Crippen LogP contribution in [0.5, 0.6) is 0 Å². The molecule has 0 fully saturated rings. The van der Waals surface area contributed by atoms with Crippen molar-refractivity contribution in [1.82, 2.24) is 4.98 Å². The molecule has 0 aliphatic rings. The number of amidine groups is 1. The largest absolute Gasteiger partial charge is 0.384 e. The Morgan fingerprint density at radius 1 is 1.10 bits per heavy atom. The molecule has 3 aromatic rings. The lowest BCUT2D eigenvalue weighted by Crippen LogP contribution is -2.12. The van der Waals surface area contributed by atoms with Crippen LogP contribution in [0.4, 0.5) is 4.39 Å². The predicted molar refractivity (Wildman–Crippen MR) is 83.3 cm³/mol. The molecule has 0 saturated carbocycles. The van der Waals surface area contributed by atoms with Gasteiger partial charge in [-0.25, -0.2) is 9.37 Å². The van der Waals surface area contributed by atoms with Crippen LogP contribution in [-0.2, 0) is 0 Å². The van der Waals surface area contributed by atoms with Crippen molar-refractivity contribution in [3.63, 3.8) is 0 Å². The molecule has 0 bridgehead atoms. The van der Waals surface area contributed by atoms with Crippen LogP contribution in [0.2, 0.25) is 0 Å². The van der Waals surface area contributed by atoms with Gasteiger partial charge in [0.25, 0.3) is 0 Å². The fourth-order valence-electron chi connectivity index (χ4n) is 2.07. The number of nitrogens with two attached hydrogens (primary N) is 1. The van der Waals surface area contributed by atoms with Crippen LogP contribution in [0.1, 0.15) is 5.56 Å². The van der Waals surface area contributed by atoms with Gasteiger partial charge in [0.15, 0.2) is 0 Å². The summed E-state index contributed by atoms with van der Waals surface area (Å²) in [5, 5.41) is 9.14. The van der Waals surface area contributed by atoms with E-state index in [1.165, 1.54) is 17.8 Å². The first-order valence-corrected chi connectivity index (χ1v) is 7.13. The summed E-state index contributed by atoms with van der Waals surface area (Å²) in [5.74, 6) is -0.314. The van der Waals surface area contributed by atoms with E-state index in [-0.39, 0.29) is 11.7 Å². The Balaban J connectivity index is 2.11. The van der Waals surface area contributed by atoms with E-state index in [0.717, 1.165) is 10.9 Å². The number of benzene rings is 2. The summed E-state index contributed by atoms with van der Waals surface area (Å²) >= 11 is 1.22. The molecule has 0 aliphatic heterocycles. The third-order valence-electron chi connectivity index (χ3n) is 3.03. The van der Waals surface area contributed by atoms with Gasteiger partial charge in [-0.05, 0) is 24.3 Å². The number of fused-ring (bicyclic) bond motifs is 1. The van der Waals surface area contributed by atoms with Gasteiger partial charge in [-0.1, -0.05) is 42.1 Å². The maximum absolute atomic E-state index is 13.7. The molecular weight excluding hydrogens is 285 g/mol. The monoisotopic (exact) mass is 297 g/mol. The molecule has 2 aromatic carbocycles. The van der Waals surface area contributed by atoms with Crippen LogP contribution in [0.15, 0.2) is 64.5 Å². The highest BCUT2D eigenvalue weighted by atomic mass is 32.2. The van der Waals surface area contributed by atoms with Gasteiger partial charge in [0.2, 0.25) is 0 Å². The maximum atomic E-state index is 13.7. The predicted octanol–water partition coefficient (Wildman–Crippen LogP) is 3.81. The molecule has 21 heavy (non-hydrogen) atoms. The number of hydrogen-bond acceptors (Lipinski definition) is 3. The van der Waals surface area contributed by atoms with E-state index in [0.29, 0.717) is 15.5 Å². The second-order valence-corrected chi connectivity index (χ2v) is 5.53. The Morgan fingerprint density at radius 3 is 2.57 bits per heavy atom. The Kier molecular flexibility index (Phi) is 3.58. The van der Waals surface area contributed by atoms with Crippen LogP contribution in [0.3, 0.4) is 0 Å². The lowest BCUT2D eigenvalue weighted by atomic mass is 10.1. The Bertz CT molecular complexity index is 833. The van der Waals surface area contributed by atoms with Crippen molar-refractivity contribution in [2.45, 2.75) is 9.92 Å². The summed E-state index contributed by atoms with van der Waals surface area (Å²) in [6, 6.07) is 15.7. The minimum absolute atomic E-state index is 0.0241. The number of nitrogen functional groups attached to an aromatic ring is 1. The Hall–Kier alpha value is -2.40. The molecule has 3 nitrogen and oxygen atoms in total. The summed E-state index contributed by atoms with van der Waals surface area (Å²) in [6.07, 6.45) is 0. The summed E-state index contributed by atoms with van der Waals surface area (Å²) in [4.78, 5) is 4.99. The Morgan fingerprint density at radius 2 is 1.81 bits per heavy atom. The molecule has 0 spiro atoms. The minimum Gasteiger partial charge on any atom is -0.384 e. The third-order valence-corrected chi connectivity index (χ3v) is 4.00. The zero-order valence-electron chi connectivity index (χ0n) is 11.0. The normalized spacial score (nSPS) is 10.7. The van der Waals surface area contributed by atoms with Gasteiger partial charge >= 0.3 is 0 Å². The van der Waals surface area contributed by atoms with Gasteiger partial charge in [-0.3, -0.25) is 5.41 Å². The van der Waals surface area contributed by atoms with E-state index in [1.54, 1.807) is 24.3 Å². The van der Waals surface area contributed by atoms with Crippen molar-refractivity contribution >= 4 is 28.5 Å². The highest BCUT2D eigenvalue weighted by molar-refractivity contribution is 7.99. The van der Waals surface area contributed by atoms with Crippen LogP contribution in [-0.4, -0.2) is 10.8 Å². The van der Waals surface area contributed by atoms with Crippen LogP contribution in [0, 0.1) is 11.2 Å². The van der Waals surface area contributed by atoms with Gasteiger partial charge in [0, 0.05) is 15.8 Å². The smallest absolute Gasteiger partial charge is 0.137 e. The van der Waals surface area contributed by atoms with Gasteiger partial charge < -0.3 is 5.73 Å². The molecule has 0 saturated heterocycles. The molecule has 0 amide bonds. The minimum atomic E-state index is -0.290. The SMILES string of the molecule is N=C(N)c1cc(Sc2ccccc2F)nc2ccccc12. The van der Waals surface area contributed by atoms with Crippen molar-refractivity contribution in [1.29, 1.82) is 5.41 Å². The lowest BCUT2D eigenvalue weighted by Gasteiger charge is -2.08. The molecule has 5 heteroatoms. The van der Waals surface area contributed by atoms with Gasteiger partial charge in [0.05, 0.1) is 5.52 Å². The van der Waals surface area contributed by atoms with E-state index in [2.05, 4.69) is 4.98 Å². The summed E-state index contributed by atoms with van der Waals surface area (Å²) in [5.41, 5.74) is 6.99. The van der Waals surface area contributed by atoms with E-state index in [1.807, 2.05) is 24.3 Å². The van der Waals surface area contributed by atoms with Crippen molar-refractivity contribution < 1.29 is 4.39 Å². The number of pyridine rings is 1. The van der Waals surface area contributed by atoms with Gasteiger partial charge in [-0.15, -0.1) is 0 Å². The van der Waals surface area contributed by atoms with Crippen molar-refractivity contribution in [2.24, 2.45) is 5.73 Å². The number of nitrogens with zero attached hydrogens (tertiary/aromatic N) is 1. The second-order valence-electron chi connectivity index (χ2n) is 4.47. The van der Waals surface area contributed by atoms with E-state index < -0.39 is 0 Å². The molecule has 1 heterocycles. The van der Waals surface area contributed by atoms with Crippen molar-refractivity contribution in [3.8, 4) is 0 Å². The lowest BCUT2D eigenvalue weighted by molar-refractivity contribution is 0.602. The van der Waals surface area contributed by atoms with Crippen molar-refractivity contribution in [3.05, 3.63) is 66.0 Å². The van der Waals surface area contributed by atoms with E-state index in [4.69, 9.17) is 11.1 Å². The molecular formula is C16H12FN3S. The fourth-order valence-corrected chi connectivity index (χ4v) is 2.92. The zero-order chi connectivity index (χ0) is 14.8.